The number of pyridine rings is 1. The Morgan fingerprint density at radius 1 is 1.25 bits per heavy atom. The van der Waals surface area contributed by atoms with Crippen LogP contribution in [0.5, 0.6) is 0 Å². The van der Waals surface area contributed by atoms with Crippen LogP contribution in [0, 0.1) is 11.6 Å². The van der Waals surface area contributed by atoms with Crippen LogP contribution < -0.4 is 5.32 Å². The highest BCUT2D eigenvalue weighted by Crippen LogP contribution is 2.33. The average Bonchev–Trinajstić information content (AvgIpc) is 2.41. The summed E-state index contributed by atoms with van der Waals surface area (Å²) in [6.07, 6.45) is 0.951. The largest absolute Gasteiger partial charge is 0.370 e. The first-order valence-corrected chi connectivity index (χ1v) is 7.47. The van der Waals surface area contributed by atoms with Crippen molar-refractivity contribution in [3.05, 3.63) is 33.8 Å². The number of benzene rings is 1. The normalized spacial score (nSPS) is 11.3. The first kappa shape index (κ1) is 15.2. The van der Waals surface area contributed by atoms with Gasteiger partial charge in [-0.05, 0) is 39.9 Å². The van der Waals surface area contributed by atoms with E-state index in [-0.39, 0.29) is 15.9 Å². The molecule has 2 rings (SSSR count). The highest BCUT2D eigenvalue weighted by atomic mass is 79.9. The molecular formula is C15H17BrF2N2. The topological polar surface area (TPSA) is 24.9 Å². The number of aromatic nitrogens is 1. The van der Waals surface area contributed by atoms with Gasteiger partial charge in [0, 0.05) is 18.0 Å². The molecule has 0 bridgehead atoms. The molecule has 0 saturated heterocycles. The molecule has 0 radical (unpaired) electrons. The van der Waals surface area contributed by atoms with E-state index in [1.807, 2.05) is 13.8 Å². The maximum atomic E-state index is 13.9. The molecule has 20 heavy (non-hydrogen) atoms. The van der Waals surface area contributed by atoms with E-state index < -0.39 is 11.6 Å². The van der Waals surface area contributed by atoms with E-state index >= 15 is 0 Å². The minimum atomic E-state index is -0.643. The molecular weight excluding hydrogens is 326 g/mol. The van der Waals surface area contributed by atoms with Crippen molar-refractivity contribution < 1.29 is 8.78 Å². The molecule has 2 nitrogen and oxygen atoms in total. The Bertz CT molecular complexity index is 642. The fourth-order valence-corrected chi connectivity index (χ4v) is 2.49. The zero-order chi connectivity index (χ0) is 14.9. The van der Waals surface area contributed by atoms with Crippen LogP contribution in [0.1, 0.15) is 38.7 Å². The van der Waals surface area contributed by atoms with Gasteiger partial charge in [-0.3, -0.25) is 0 Å². The Labute approximate surface area is 125 Å². The number of nitrogens with zero attached hydrogens (tertiary/aromatic N) is 1. The Morgan fingerprint density at radius 2 is 1.95 bits per heavy atom. The third-order valence-electron chi connectivity index (χ3n) is 3.14. The maximum absolute atomic E-state index is 13.9. The van der Waals surface area contributed by atoms with Crippen LogP contribution in [-0.2, 0) is 0 Å². The van der Waals surface area contributed by atoms with Crippen molar-refractivity contribution in [3.63, 3.8) is 0 Å². The van der Waals surface area contributed by atoms with Crippen molar-refractivity contribution in [2.75, 3.05) is 11.9 Å². The Kier molecular flexibility index (Phi) is 4.58. The minimum absolute atomic E-state index is 0.182. The second-order valence-corrected chi connectivity index (χ2v) is 5.85. The summed E-state index contributed by atoms with van der Waals surface area (Å²) in [5, 5.41) is 3.68. The first-order valence-electron chi connectivity index (χ1n) is 6.67. The predicted molar refractivity (Wildman–Crippen MR) is 82.2 cm³/mol. The van der Waals surface area contributed by atoms with Crippen LogP contribution in [-0.4, -0.2) is 11.5 Å². The van der Waals surface area contributed by atoms with E-state index in [0.29, 0.717) is 11.2 Å². The molecule has 1 aromatic carbocycles. The molecule has 2 aromatic rings. The fraction of sp³-hybridized carbons (Fsp3) is 0.400. The second kappa shape index (κ2) is 6.04. The molecule has 0 spiro atoms. The van der Waals surface area contributed by atoms with Crippen molar-refractivity contribution in [2.45, 2.75) is 33.1 Å². The summed E-state index contributed by atoms with van der Waals surface area (Å²) >= 11 is 3.17. The summed E-state index contributed by atoms with van der Waals surface area (Å²) in [7, 11) is 0. The third kappa shape index (κ3) is 2.77. The number of fused-ring (bicyclic) bond motifs is 1. The number of halogens is 3. The zero-order valence-electron chi connectivity index (χ0n) is 11.7. The quantitative estimate of drug-likeness (QED) is 0.770. The van der Waals surface area contributed by atoms with Crippen molar-refractivity contribution >= 4 is 32.7 Å². The van der Waals surface area contributed by atoms with Gasteiger partial charge in [0.1, 0.15) is 17.2 Å². The molecule has 0 atom stereocenters. The smallest absolute Gasteiger partial charge is 0.152 e. The Hall–Kier alpha value is -1.23. The van der Waals surface area contributed by atoms with Gasteiger partial charge >= 0.3 is 0 Å². The molecule has 1 heterocycles. The lowest BCUT2D eigenvalue weighted by Gasteiger charge is -2.15. The van der Waals surface area contributed by atoms with Crippen LogP contribution in [0.2, 0.25) is 0 Å². The average molecular weight is 343 g/mol. The van der Waals surface area contributed by atoms with Gasteiger partial charge in [-0.2, -0.15) is 0 Å². The van der Waals surface area contributed by atoms with Gasteiger partial charge in [0.05, 0.1) is 4.47 Å². The highest BCUT2D eigenvalue weighted by molar-refractivity contribution is 9.10. The zero-order valence-corrected chi connectivity index (χ0v) is 13.3. The SMILES string of the molecule is CCCNc1nc2c(F)cc(F)c(Br)c2cc1C(C)C. The molecule has 0 saturated carbocycles. The van der Waals surface area contributed by atoms with E-state index in [4.69, 9.17) is 0 Å². The molecule has 0 aliphatic rings. The lowest BCUT2D eigenvalue weighted by molar-refractivity contribution is 0.586. The van der Waals surface area contributed by atoms with Crippen LogP contribution >= 0.6 is 15.9 Å². The van der Waals surface area contributed by atoms with Crippen LogP contribution in [0.3, 0.4) is 0 Å². The van der Waals surface area contributed by atoms with Crippen LogP contribution in [0.15, 0.2) is 16.6 Å². The number of rotatable bonds is 4. The Morgan fingerprint density at radius 3 is 2.55 bits per heavy atom. The minimum Gasteiger partial charge on any atom is -0.370 e. The van der Waals surface area contributed by atoms with Gasteiger partial charge in [-0.1, -0.05) is 20.8 Å². The fourth-order valence-electron chi connectivity index (χ4n) is 2.07. The number of hydrogen-bond donors (Lipinski definition) is 1. The highest BCUT2D eigenvalue weighted by Gasteiger charge is 2.16. The molecule has 1 aromatic heterocycles. The van der Waals surface area contributed by atoms with E-state index in [1.165, 1.54) is 0 Å². The number of hydrogen-bond acceptors (Lipinski definition) is 2. The van der Waals surface area contributed by atoms with E-state index in [1.54, 1.807) is 6.07 Å². The second-order valence-electron chi connectivity index (χ2n) is 5.06. The maximum Gasteiger partial charge on any atom is 0.152 e. The number of anilines is 1. The number of nitrogens with one attached hydrogen (secondary N) is 1. The molecule has 0 aliphatic heterocycles. The third-order valence-corrected chi connectivity index (χ3v) is 3.95. The first-order chi connectivity index (χ1) is 9.45. The lowest BCUT2D eigenvalue weighted by atomic mass is 10.0. The summed E-state index contributed by atoms with van der Waals surface area (Å²) in [6.45, 7) is 6.88. The summed E-state index contributed by atoms with van der Waals surface area (Å²) < 4.78 is 27.8. The van der Waals surface area contributed by atoms with Gasteiger partial charge in [0.15, 0.2) is 5.82 Å². The molecule has 0 amide bonds. The van der Waals surface area contributed by atoms with Crippen molar-refractivity contribution in [1.82, 2.24) is 4.98 Å². The van der Waals surface area contributed by atoms with Crippen LogP contribution in [0.4, 0.5) is 14.6 Å². The van der Waals surface area contributed by atoms with Crippen molar-refractivity contribution in [3.8, 4) is 0 Å². The summed E-state index contributed by atoms with van der Waals surface area (Å²) in [6, 6.07) is 2.67. The van der Waals surface area contributed by atoms with Crippen LogP contribution in [0.25, 0.3) is 10.9 Å². The molecule has 5 heteroatoms. The molecule has 0 aliphatic carbocycles. The van der Waals surface area contributed by atoms with E-state index in [0.717, 1.165) is 24.6 Å². The van der Waals surface area contributed by atoms with Crippen molar-refractivity contribution in [1.29, 1.82) is 0 Å². The van der Waals surface area contributed by atoms with Gasteiger partial charge in [-0.15, -0.1) is 0 Å². The molecule has 1 N–H and O–H groups in total. The summed E-state index contributed by atoms with van der Waals surface area (Å²) in [5.41, 5.74) is 1.14. The van der Waals surface area contributed by atoms with Crippen molar-refractivity contribution in [2.24, 2.45) is 0 Å². The summed E-state index contributed by atoms with van der Waals surface area (Å²) in [5.74, 6) is -0.368. The van der Waals surface area contributed by atoms with Gasteiger partial charge in [0.25, 0.3) is 0 Å². The Balaban J connectivity index is 2.71. The monoisotopic (exact) mass is 342 g/mol. The predicted octanol–water partition coefficient (Wildman–Crippen LogP) is 5.22. The van der Waals surface area contributed by atoms with E-state index in [2.05, 4.69) is 33.2 Å². The standard InChI is InChI=1S/C15H17BrF2N2/c1-4-5-19-15-9(8(2)3)6-10-13(16)11(17)7-12(18)14(10)20-15/h6-8H,4-5H2,1-3H3,(H,19,20). The molecule has 108 valence electrons. The molecule has 0 unspecified atom stereocenters. The molecule has 0 fully saturated rings. The lowest BCUT2D eigenvalue weighted by Crippen LogP contribution is -2.07. The van der Waals surface area contributed by atoms with Gasteiger partial charge in [0.2, 0.25) is 0 Å². The van der Waals surface area contributed by atoms with Gasteiger partial charge in [-0.25, -0.2) is 13.8 Å². The summed E-state index contributed by atoms with van der Waals surface area (Å²) in [4.78, 5) is 4.35. The van der Waals surface area contributed by atoms with Gasteiger partial charge < -0.3 is 5.32 Å². The van der Waals surface area contributed by atoms with E-state index in [9.17, 15) is 8.78 Å².